The number of nitrogens with one attached hydrogen (secondary N) is 3. The fourth-order valence-corrected chi connectivity index (χ4v) is 2.01. The van der Waals surface area contributed by atoms with E-state index in [1.54, 1.807) is 18.3 Å². The Labute approximate surface area is 140 Å². The number of nitrogens with zero attached hydrogens (tertiary/aromatic N) is 1. The van der Waals surface area contributed by atoms with E-state index >= 15 is 0 Å². The summed E-state index contributed by atoms with van der Waals surface area (Å²) >= 11 is 0. The Morgan fingerprint density at radius 3 is 2.67 bits per heavy atom. The quantitative estimate of drug-likeness (QED) is 0.553. The third-order valence-corrected chi connectivity index (χ3v) is 3.19. The van der Waals surface area contributed by atoms with Gasteiger partial charge in [0, 0.05) is 19.3 Å². The molecular weight excluding hydrogens is 308 g/mol. The van der Waals surface area contributed by atoms with Gasteiger partial charge in [-0.2, -0.15) is 0 Å². The van der Waals surface area contributed by atoms with Crippen molar-refractivity contribution in [3.05, 3.63) is 48.2 Å². The van der Waals surface area contributed by atoms with Gasteiger partial charge in [-0.05, 0) is 36.8 Å². The molecule has 0 saturated carbocycles. The monoisotopic (exact) mass is 328 g/mol. The minimum atomic E-state index is -0.739. The summed E-state index contributed by atoms with van der Waals surface area (Å²) in [5.74, 6) is -0.239. The first-order valence-corrected chi connectivity index (χ1v) is 7.49. The SMILES string of the molecule is COc1ccc(C)cc1NC(=O)C(=O)NCCNc1ccccn1. The van der Waals surface area contributed by atoms with E-state index < -0.39 is 11.8 Å². The topological polar surface area (TPSA) is 92.3 Å². The van der Waals surface area contributed by atoms with Crippen LogP contribution in [0.15, 0.2) is 42.6 Å². The predicted octanol–water partition coefficient (Wildman–Crippen LogP) is 1.57. The first-order valence-electron chi connectivity index (χ1n) is 7.49. The van der Waals surface area contributed by atoms with Gasteiger partial charge in [-0.15, -0.1) is 0 Å². The maximum atomic E-state index is 11.9. The van der Waals surface area contributed by atoms with Crippen LogP contribution < -0.4 is 20.7 Å². The van der Waals surface area contributed by atoms with Crippen molar-refractivity contribution in [2.24, 2.45) is 0 Å². The van der Waals surface area contributed by atoms with Crippen LogP contribution >= 0.6 is 0 Å². The maximum absolute atomic E-state index is 11.9. The van der Waals surface area contributed by atoms with Crippen LogP contribution in [0.3, 0.4) is 0 Å². The molecule has 7 heteroatoms. The molecule has 2 rings (SSSR count). The Bertz CT molecular complexity index is 704. The lowest BCUT2D eigenvalue weighted by Gasteiger charge is -2.11. The van der Waals surface area contributed by atoms with Crippen molar-refractivity contribution in [3.63, 3.8) is 0 Å². The summed E-state index contributed by atoms with van der Waals surface area (Å²) < 4.78 is 5.17. The molecule has 0 aliphatic carbocycles. The molecule has 0 unspecified atom stereocenters. The molecule has 0 saturated heterocycles. The molecule has 0 bridgehead atoms. The van der Waals surface area contributed by atoms with E-state index in [0.29, 0.717) is 30.3 Å². The third kappa shape index (κ3) is 4.98. The molecule has 2 aromatic rings. The van der Waals surface area contributed by atoms with Crippen molar-refractivity contribution in [2.75, 3.05) is 30.8 Å². The van der Waals surface area contributed by atoms with Gasteiger partial charge in [-0.3, -0.25) is 9.59 Å². The van der Waals surface area contributed by atoms with Gasteiger partial charge in [-0.25, -0.2) is 4.98 Å². The van der Waals surface area contributed by atoms with Gasteiger partial charge in [0.1, 0.15) is 11.6 Å². The third-order valence-electron chi connectivity index (χ3n) is 3.19. The highest BCUT2D eigenvalue weighted by atomic mass is 16.5. The number of anilines is 2. The van der Waals surface area contributed by atoms with E-state index in [-0.39, 0.29) is 0 Å². The van der Waals surface area contributed by atoms with E-state index in [1.807, 2.05) is 31.2 Å². The lowest BCUT2D eigenvalue weighted by atomic mass is 10.2. The zero-order valence-corrected chi connectivity index (χ0v) is 13.6. The van der Waals surface area contributed by atoms with Crippen LogP contribution in [-0.4, -0.2) is 37.0 Å². The summed E-state index contributed by atoms with van der Waals surface area (Å²) in [6.07, 6.45) is 1.67. The van der Waals surface area contributed by atoms with Gasteiger partial charge < -0.3 is 20.7 Å². The lowest BCUT2D eigenvalue weighted by Crippen LogP contribution is -2.37. The van der Waals surface area contributed by atoms with E-state index in [9.17, 15) is 9.59 Å². The molecular formula is C17H20N4O3. The Morgan fingerprint density at radius 1 is 1.12 bits per heavy atom. The number of aromatic nitrogens is 1. The molecule has 3 N–H and O–H groups in total. The predicted molar refractivity (Wildman–Crippen MR) is 92.1 cm³/mol. The van der Waals surface area contributed by atoms with Crippen molar-refractivity contribution < 1.29 is 14.3 Å². The van der Waals surface area contributed by atoms with Crippen molar-refractivity contribution in [1.29, 1.82) is 0 Å². The molecule has 7 nitrogen and oxygen atoms in total. The first-order chi connectivity index (χ1) is 11.6. The summed E-state index contributed by atoms with van der Waals surface area (Å²) in [6.45, 7) is 2.65. The Balaban J connectivity index is 1.80. The van der Waals surface area contributed by atoms with Crippen molar-refractivity contribution in [3.8, 4) is 5.75 Å². The Hall–Kier alpha value is -3.09. The number of carbonyl (C=O) groups is 2. The van der Waals surface area contributed by atoms with E-state index in [4.69, 9.17) is 4.74 Å². The van der Waals surface area contributed by atoms with Gasteiger partial charge in [0.2, 0.25) is 0 Å². The number of hydrogen-bond donors (Lipinski definition) is 3. The highest BCUT2D eigenvalue weighted by Gasteiger charge is 2.15. The zero-order valence-electron chi connectivity index (χ0n) is 13.6. The summed E-state index contributed by atoms with van der Waals surface area (Å²) in [6, 6.07) is 10.8. The molecule has 1 aromatic carbocycles. The van der Waals surface area contributed by atoms with Crippen LogP contribution in [0.4, 0.5) is 11.5 Å². The maximum Gasteiger partial charge on any atom is 0.313 e. The molecule has 126 valence electrons. The summed E-state index contributed by atoms with van der Waals surface area (Å²) in [4.78, 5) is 27.9. The summed E-state index contributed by atoms with van der Waals surface area (Å²) in [5.41, 5.74) is 1.41. The van der Waals surface area contributed by atoms with Crippen LogP contribution in [0.25, 0.3) is 0 Å². The number of aryl methyl sites for hydroxylation is 1. The minimum absolute atomic E-state index is 0.299. The van der Waals surface area contributed by atoms with Crippen molar-refractivity contribution in [2.45, 2.75) is 6.92 Å². The lowest BCUT2D eigenvalue weighted by molar-refractivity contribution is -0.136. The molecule has 0 aliphatic rings. The van der Waals surface area contributed by atoms with Gasteiger partial charge in [-0.1, -0.05) is 12.1 Å². The summed E-state index contributed by atoms with van der Waals surface area (Å²) in [5, 5.41) is 8.13. The van der Waals surface area contributed by atoms with Gasteiger partial charge in [0.05, 0.1) is 12.8 Å². The molecule has 0 fully saturated rings. The van der Waals surface area contributed by atoms with Crippen LogP contribution in [0.2, 0.25) is 0 Å². The fraction of sp³-hybridized carbons (Fsp3) is 0.235. The standard InChI is InChI=1S/C17H20N4O3/c1-12-6-7-14(24-2)13(11-12)21-17(23)16(22)20-10-9-19-15-5-3-4-8-18-15/h3-8,11H,9-10H2,1-2H3,(H,18,19)(H,20,22)(H,21,23). The summed E-state index contributed by atoms with van der Waals surface area (Å²) in [7, 11) is 1.50. The van der Waals surface area contributed by atoms with E-state index in [1.165, 1.54) is 7.11 Å². The molecule has 0 aliphatic heterocycles. The normalized spacial score (nSPS) is 9.92. The van der Waals surface area contributed by atoms with Crippen LogP contribution in [0.1, 0.15) is 5.56 Å². The molecule has 0 spiro atoms. The van der Waals surface area contributed by atoms with Crippen LogP contribution in [0.5, 0.6) is 5.75 Å². The second kappa shape index (κ2) is 8.52. The minimum Gasteiger partial charge on any atom is -0.495 e. The molecule has 2 amide bonds. The largest absolute Gasteiger partial charge is 0.495 e. The molecule has 0 atom stereocenters. The number of methoxy groups -OCH3 is 1. The second-order valence-corrected chi connectivity index (χ2v) is 5.06. The van der Waals surface area contributed by atoms with E-state index in [2.05, 4.69) is 20.9 Å². The number of hydrogen-bond acceptors (Lipinski definition) is 5. The van der Waals surface area contributed by atoms with Crippen molar-refractivity contribution >= 4 is 23.3 Å². The average Bonchev–Trinajstić information content (AvgIpc) is 2.59. The Morgan fingerprint density at radius 2 is 1.96 bits per heavy atom. The molecule has 1 heterocycles. The second-order valence-electron chi connectivity index (χ2n) is 5.06. The highest BCUT2D eigenvalue weighted by Crippen LogP contribution is 2.24. The average molecular weight is 328 g/mol. The number of amides is 2. The number of benzene rings is 1. The van der Waals surface area contributed by atoms with Gasteiger partial charge in [0.25, 0.3) is 0 Å². The molecule has 1 aromatic heterocycles. The van der Waals surface area contributed by atoms with Crippen LogP contribution in [-0.2, 0) is 9.59 Å². The molecule has 24 heavy (non-hydrogen) atoms. The number of pyridine rings is 1. The highest BCUT2D eigenvalue weighted by molar-refractivity contribution is 6.39. The molecule has 0 radical (unpaired) electrons. The number of carbonyl (C=O) groups excluding carboxylic acids is 2. The van der Waals surface area contributed by atoms with Crippen molar-refractivity contribution in [1.82, 2.24) is 10.3 Å². The number of ether oxygens (including phenoxy) is 1. The number of rotatable bonds is 6. The zero-order chi connectivity index (χ0) is 17.4. The van der Waals surface area contributed by atoms with Crippen LogP contribution in [0, 0.1) is 6.92 Å². The smallest absolute Gasteiger partial charge is 0.313 e. The van der Waals surface area contributed by atoms with Gasteiger partial charge in [0.15, 0.2) is 0 Å². The van der Waals surface area contributed by atoms with Gasteiger partial charge >= 0.3 is 11.8 Å². The Kier molecular flexibility index (Phi) is 6.13. The first kappa shape index (κ1) is 17.3. The fourth-order valence-electron chi connectivity index (χ4n) is 2.01. The van der Waals surface area contributed by atoms with E-state index in [0.717, 1.165) is 5.56 Å².